The van der Waals surface area contributed by atoms with Crippen LogP contribution in [0.1, 0.15) is 18.9 Å². The predicted octanol–water partition coefficient (Wildman–Crippen LogP) is 1.29. The zero-order valence-corrected chi connectivity index (χ0v) is 12.3. The van der Waals surface area contributed by atoms with Crippen LogP contribution in [0, 0.1) is 0 Å². The van der Waals surface area contributed by atoms with E-state index in [1.54, 1.807) is 7.11 Å². The Kier molecular flexibility index (Phi) is 5.03. The smallest absolute Gasteiger partial charge is 0.407 e. The van der Waals surface area contributed by atoms with Crippen molar-refractivity contribution in [2.45, 2.75) is 38.1 Å². The molecule has 3 atom stereocenters. The molecule has 0 aliphatic carbocycles. The van der Waals surface area contributed by atoms with Gasteiger partial charge in [0.1, 0.15) is 5.75 Å². The third-order valence-corrected chi connectivity index (χ3v) is 3.98. The Labute approximate surface area is 124 Å². The van der Waals surface area contributed by atoms with Crippen molar-refractivity contribution in [3.63, 3.8) is 0 Å². The lowest BCUT2D eigenvalue weighted by Gasteiger charge is -2.30. The van der Waals surface area contributed by atoms with E-state index in [1.165, 1.54) is 4.90 Å². The monoisotopic (exact) mass is 294 g/mol. The van der Waals surface area contributed by atoms with Gasteiger partial charge in [0.25, 0.3) is 0 Å². The minimum absolute atomic E-state index is 0.150. The van der Waals surface area contributed by atoms with Gasteiger partial charge in [0.05, 0.1) is 19.3 Å². The number of aliphatic hydroxyl groups is 1. The van der Waals surface area contributed by atoms with Gasteiger partial charge < -0.3 is 25.2 Å². The highest BCUT2D eigenvalue weighted by atomic mass is 16.5. The van der Waals surface area contributed by atoms with Crippen molar-refractivity contribution in [1.29, 1.82) is 0 Å². The second kappa shape index (κ2) is 6.78. The van der Waals surface area contributed by atoms with Gasteiger partial charge in [0, 0.05) is 24.7 Å². The van der Waals surface area contributed by atoms with Crippen LogP contribution in [0.25, 0.3) is 0 Å². The first-order valence-corrected chi connectivity index (χ1v) is 7.07. The summed E-state index contributed by atoms with van der Waals surface area (Å²) in [4.78, 5) is 12.5. The van der Waals surface area contributed by atoms with E-state index in [4.69, 9.17) is 4.74 Å². The van der Waals surface area contributed by atoms with Gasteiger partial charge in [-0.3, -0.25) is 0 Å². The fourth-order valence-electron chi connectivity index (χ4n) is 2.87. The zero-order chi connectivity index (χ0) is 15.4. The Balaban J connectivity index is 2.00. The van der Waals surface area contributed by atoms with Crippen molar-refractivity contribution >= 4 is 6.09 Å². The fourth-order valence-corrected chi connectivity index (χ4v) is 2.87. The Hall–Kier alpha value is -1.79. The molecule has 1 amide bonds. The van der Waals surface area contributed by atoms with Crippen molar-refractivity contribution in [2.24, 2.45) is 0 Å². The van der Waals surface area contributed by atoms with Crippen LogP contribution < -0.4 is 10.1 Å². The van der Waals surface area contributed by atoms with E-state index < -0.39 is 18.2 Å². The third kappa shape index (κ3) is 3.46. The number of carboxylic acid groups (broad SMARTS) is 1. The number of hydrogen-bond donors (Lipinski definition) is 3. The average Bonchev–Trinajstić information content (AvgIpc) is 2.87. The molecule has 21 heavy (non-hydrogen) atoms. The molecule has 1 saturated heterocycles. The molecule has 116 valence electrons. The van der Waals surface area contributed by atoms with Crippen LogP contribution in [0.3, 0.4) is 0 Å². The minimum Gasteiger partial charge on any atom is -0.496 e. The Morgan fingerprint density at radius 2 is 2.24 bits per heavy atom. The number of rotatable bonds is 5. The van der Waals surface area contributed by atoms with Crippen LogP contribution in [0.15, 0.2) is 24.3 Å². The Morgan fingerprint density at radius 1 is 1.52 bits per heavy atom. The summed E-state index contributed by atoms with van der Waals surface area (Å²) in [7, 11) is 1.62. The van der Waals surface area contributed by atoms with Gasteiger partial charge in [-0.15, -0.1) is 0 Å². The highest BCUT2D eigenvalue weighted by molar-refractivity contribution is 5.66. The number of benzene rings is 1. The standard InChI is InChI=1S/C15H22N2O4/c1-10(14-12(18)7-8-17(14)15(19)20)16-9-11-5-3-4-6-13(11)21-2/h3-6,10,12,14,16,18H,7-9H2,1-2H3,(H,19,20)/t10?,12-,14+/m0/s1. The van der Waals surface area contributed by atoms with Gasteiger partial charge in [0.15, 0.2) is 0 Å². The van der Waals surface area contributed by atoms with Gasteiger partial charge >= 0.3 is 6.09 Å². The predicted molar refractivity (Wildman–Crippen MR) is 78.4 cm³/mol. The van der Waals surface area contributed by atoms with E-state index in [0.29, 0.717) is 19.5 Å². The third-order valence-electron chi connectivity index (χ3n) is 3.98. The van der Waals surface area contributed by atoms with Crippen molar-refractivity contribution < 1.29 is 19.7 Å². The number of nitrogens with zero attached hydrogens (tertiary/aromatic N) is 1. The number of likely N-dealkylation sites (tertiary alicyclic amines) is 1. The van der Waals surface area contributed by atoms with Crippen LogP contribution in [0.2, 0.25) is 0 Å². The zero-order valence-electron chi connectivity index (χ0n) is 12.3. The normalized spacial score (nSPS) is 23.1. The van der Waals surface area contributed by atoms with Gasteiger partial charge in [-0.05, 0) is 19.4 Å². The molecule has 1 aliphatic heterocycles. The van der Waals surface area contributed by atoms with E-state index in [0.717, 1.165) is 11.3 Å². The molecule has 1 aromatic rings. The van der Waals surface area contributed by atoms with E-state index in [-0.39, 0.29) is 6.04 Å². The van der Waals surface area contributed by atoms with E-state index >= 15 is 0 Å². The molecular weight excluding hydrogens is 272 g/mol. The first-order chi connectivity index (χ1) is 10.0. The number of hydrogen-bond acceptors (Lipinski definition) is 4. The van der Waals surface area contributed by atoms with Crippen LogP contribution in [-0.4, -0.2) is 53.0 Å². The lowest BCUT2D eigenvalue weighted by molar-refractivity contribution is 0.0837. The summed E-state index contributed by atoms with van der Waals surface area (Å²) >= 11 is 0. The number of ether oxygens (including phenoxy) is 1. The number of methoxy groups -OCH3 is 1. The van der Waals surface area contributed by atoms with E-state index in [1.807, 2.05) is 31.2 Å². The van der Waals surface area contributed by atoms with E-state index in [2.05, 4.69) is 5.32 Å². The average molecular weight is 294 g/mol. The van der Waals surface area contributed by atoms with E-state index in [9.17, 15) is 15.0 Å². The maximum absolute atomic E-state index is 11.2. The maximum atomic E-state index is 11.2. The molecule has 0 spiro atoms. The Bertz CT molecular complexity index is 494. The van der Waals surface area contributed by atoms with Gasteiger partial charge in [-0.2, -0.15) is 0 Å². The van der Waals surface area contributed by atoms with Crippen molar-refractivity contribution in [3.8, 4) is 5.75 Å². The fraction of sp³-hybridized carbons (Fsp3) is 0.533. The number of aliphatic hydroxyl groups excluding tert-OH is 1. The summed E-state index contributed by atoms with van der Waals surface area (Å²) in [6, 6.07) is 7.10. The summed E-state index contributed by atoms with van der Waals surface area (Å²) in [5, 5.41) is 22.5. The topological polar surface area (TPSA) is 82.0 Å². The SMILES string of the molecule is COc1ccccc1CNC(C)[C@@H]1[C@@H](O)CCN1C(=O)O. The molecule has 2 rings (SSSR count). The number of nitrogens with one attached hydrogen (secondary N) is 1. The molecule has 1 fully saturated rings. The molecule has 0 radical (unpaired) electrons. The molecule has 1 unspecified atom stereocenters. The lowest BCUT2D eigenvalue weighted by Crippen LogP contribution is -2.51. The van der Waals surface area contributed by atoms with Crippen molar-refractivity contribution in [1.82, 2.24) is 10.2 Å². The van der Waals surface area contributed by atoms with Crippen molar-refractivity contribution in [3.05, 3.63) is 29.8 Å². The number of para-hydroxylation sites is 1. The minimum atomic E-state index is -0.984. The van der Waals surface area contributed by atoms with Crippen LogP contribution in [-0.2, 0) is 6.54 Å². The summed E-state index contributed by atoms with van der Waals surface area (Å²) in [6.45, 7) is 2.83. The van der Waals surface area contributed by atoms with Gasteiger partial charge in [-0.25, -0.2) is 4.79 Å². The Morgan fingerprint density at radius 3 is 2.90 bits per heavy atom. The largest absolute Gasteiger partial charge is 0.496 e. The van der Waals surface area contributed by atoms with Crippen LogP contribution in [0.5, 0.6) is 5.75 Å². The molecule has 0 saturated carbocycles. The number of carbonyl (C=O) groups is 1. The molecular formula is C15H22N2O4. The summed E-state index contributed by atoms with van der Waals surface area (Å²) in [6.07, 6.45) is -1.12. The second-order valence-corrected chi connectivity index (χ2v) is 5.30. The molecule has 6 nitrogen and oxygen atoms in total. The highest BCUT2D eigenvalue weighted by Crippen LogP contribution is 2.22. The van der Waals surface area contributed by atoms with Gasteiger partial charge in [0.2, 0.25) is 0 Å². The van der Waals surface area contributed by atoms with Gasteiger partial charge in [-0.1, -0.05) is 18.2 Å². The van der Waals surface area contributed by atoms with Crippen molar-refractivity contribution in [2.75, 3.05) is 13.7 Å². The number of amides is 1. The quantitative estimate of drug-likeness (QED) is 0.762. The molecule has 1 heterocycles. The summed E-state index contributed by atoms with van der Waals surface area (Å²) < 4.78 is 5.29. The molecule has 6 heteroatoms. The first kappa shape index (κ1) is 15.6. The molecule has 3 N–H and O–H groups in total. The van der Waals surface area contributed by atoms with Crippen LogP contribution in [0.4, 0.5) is 4.79 Å². The second-order valence-electron chi connectivity index (χ2n) is 5.30. The molecule has 1 aliphatic rings. The summed E-state index contributed by atoms with van der Waals surface area (Å²) in [5.74, 6) is 0.791. The lowest BCUT2D eigenvalue weighted by atomic mass is 10.0. The maximum Gasteiger partial charge on any atom is 0.407 e. The van der Waals surface area contributed by atoms with Crippen LogP contribution >= 0.6 is 0 Å². The molecule has 0 bridgehead atoms. The summed E-state index contributed by atoms with van der Waals surface area (Å²) in [5.41, 5.74) is 1.00. The molecule has 0 aromatic heterocycles. The molecule has 1 aromatic carbocycles. The highest BCUT2D eigenvalue weighted by Gasteiger charge is 2.39. The first-order valence-electron chi connectivity index (χ1n) is 7.07.